The number of benzene rings is 1. The molecule has 2 saturated heterocycles. The first-order valence-corrected chi connectivity index (χ1v) is 14.7. The summed E-state index contributed by atoms with van der Waals surface area (Å²) in [7, 11) is 0. The third kappa shape index (κ3) is 6.68. The first kappa shape index (κ1) is 32.1. The van der Waals surface area contributed by atoms with Gasteiger partial charge in [0.1, 0.15) is 11.9 Å². The molecule has 14 heteroatoms. The summed E-state index contributed by atoms with van der Waals surface area (Å²) in [5.74, 6) is -2.31. The standard InChI is InChI=1S/C30H34F8N4O2/c1-3-41(23-7-5-4-6-8-23)26-20(13-24(15-39-26)40-10-9-28(31,32)17-40)16-42-18(2)25(44-27(42)43)19-11-21(29(33,34)35)14-22(12-19)30(36,37)38/h11-15,18,23,25H,3-10,16-17H2,1-2H3/t18-,25-/m0/s1. The molecule has 6 nitrogen and oxygen atoms in total. The Morgan fingerprint density at radius 1 is 1.00 bits per heavy atom. The fourth-order valence-electron chi connectivity index (χ4n) is 6.45. The number of anilines is 2. The molecule has 2 aromatic rings. The predicted molar refractivity (Wildman–Crippen MR) is 147 cm³/mol. The van der Waals surface area contributed by atoms with Gasteiger partial charge in [-0.05, 0) is 56.5 Å². The molecule has 3 heterocycles. The van der Waals surface area contributed by atoms with Gasteiger partial charge in [-0.25, -0.2) is 18.6 Å². The van der Waals surface area contributed by atoms with Crippen molar-refractivity contribution in [2.75, 3.05) is 29.4 Å². The molecule has 44 heavy (non-hydrogen) atoms. The molecule has 3 fully saturated rings. The van der Waals surface area contributed by atoms with Gasteiger partial charge in [-0.15, -0.1) is 0 Å². The van der Waals surface area contributed by atoms with Crippen molar-refractivity contribution in [1.82, 2.24) is 9.88 Å². The number of ether oxygens (including phenoxy) is 1. The highest BCUT2D eigenvalue weighted by Gasteiger charge is 2.44. The summed E-state index contributed by atoms with van der Waals surface area (Å²) in [6.45, 7) is 3.51. The van der Waals surface area contributed by atoms with Gasteiger partial charge >= 0.3 is 18.4 Å². The first-order chi connectivity index (χ1) is 20.6. The number of nitrogens with zero attached hydrogens (tertiary/aromatic N) is 4. The molecule has 0 bridgehead atoms. The van der Waals surface area contributed by atoms with Crippen molar-refractivity contribution >= 4 is 17.6 Å². The number of amides is 1. The number of carbonyl (C=O) groups is 1. The number of pyridine rings is 1. The Morgan fingerprint density at radius 3 is 2.18 bits per heavy atom. The minimum atomic E-state index is -5.06. The monoisotopic (exact) mass is 634 g/mol. The number of hydrogen-bond acceptors (Lipinski definition) is 5. The van der Waals surface area contributed by atoms with Gasteiger partial charge in [0.05, 0.1) is 42.1 Å². The summed E-state index contributed by atoms with van der Waals surface area (Å²) in [6, 6.07) is 2.06. The van der Waals surface area contributed by atoms with E-state index < -0.39 is 59.7 Å². The highest BCUT2D eigenvalue weighted by Crippen LogP contribution is 2.42. The molecule has 1 aromatic heterocycles. The van der Waals surface area contributed by atoms with Crippen molar-refractivity contribution < 1.29 is 44.7 Å². The highest BCUT2D eigenvalue weighted by molar-refractivity contribution is 5.72. The lowest BCUT2D eigenvalue weighted by atomic mass is 9.94. The van der Waals surface area contributed by atoms with E-state index in [1.807, 2.05) is 6.92 Å². The van der Waals surface area contributed by atoms with Crippen LogP contribution in [0.25, 0.3) is 0 Å². The van der Waals surface area contributed by atoms with Gasteiger partial charge in [0, 0.05) is 31.1 Å². The minimum absolute atomic E-state index is 0.0264. The van der Waals surface area contributed by atoms with Crippen molar-refractivity contribution in [2.45, 2.75) is 95.4 Å². The summed E-state index contributed by atoms with van der Waals surface area (Å²) >= 11 is 0. The third-order valence-electron chi connectivity index (χ3n) is 8.76. The molecule has 3 aliphatic rings. The predicted octanol–water partition coefficient (Wildman–Crippen LogP) is 8.21. The second-order valence-corrected chi connectivity index (χ2v) is 11.8. The Hall–Kier alpha value is -3.32. The molecule has 5 rings (SSSR count). The number of aromatic nitrogens is 1. The molecule has 2 aliphatic heterocycles. The molecule has 0 radical (unpaired) electrons. The summed E-state index contributed by atoms with van der Waals surface area (Å²) in [6.07, 6.45) is -6.20. The molecule has 0 spiro atoms. The molecule has 2 atom stereocenters. The Balaban J connectivity index is 1.49. The topological polar surface area (TPSA) is 48.9 Å². The molecular weight excluding hydrogens is 600 g/mol. The third-order valence-corrected chi connectivity index (χ3v) is 8.76. The van der Waals surface area contributed by atoms with Gasteiger partial charge in [-0.2, -0.15) is 26.3 Å². The number of hydrogen-bond donors (Lipinski definition) is 0. The Morgan fingerprint density at radius 2 is 1.64 bits per heavy atom. The van der Waals surface area contributed by atoms with Crippen molar-refractivity contribution in [3.63, 3.8) is 0 Å². The summed E-state index contributed by atoms with van der Waals surface area (Å²) in [5.41, 5.74) is -2.48. The van der Waals surface area contributed by atoms with E-state index in [9.17, 15) is 39.9 Å². The second-order valence-electron chi connectivity index (χ2n) is 11.8. The van der Waals surface area contributed by atoms with Crippen molar-refractivity contribution in [2.24, 2.45) is 0 Å². The van der Waals surface area contributed by atoms with E-state index in [2.05, 4.69) is 9.88 Å². The average Bonchev–Trinajstić information content (AvgIpc) is 3.47. The van der Waals surface area contributed by atoms with Crippen LogP contribution >= 0.6 is 0 Å². The quantitative estimate of drug-likeness (QED) is 0.288. The lowest BCUT2D eigenvalue weighted by Gasteiger charge is -2.36. The average molecular weight is 635 g/mol. The van der Waals surface area contributed by atoms with Crippen LogP contribution in [0.4, 0.5) is 51.4 Å². The van der Waals surface area contributed by atoms with Crippen LogP contribution in [0.2, 0.25) is 0 Å². The zero-order valence-corrected chi connectivity index (χ0v) is 24.3. The highest BCUT2D eigenvalue weighted by atomic mass is 19.4. The maximum absolute atomic E-state index is 14.0. The van der Waals surface area contributed by atoms with E-state index in [1.54, 1.807) is 6.07 Å². The van der Waals surface area contributed by atoms with Crippen LogP contribution in [0, 0.1) is 0 Å². The minimum Gasteiger partial charge on any atom is -0.439 e. The van der Waals surface area contributed by atoms with Crippen LogP contribution in [-0.2, 0) is 23.6 Å². The fourth-order valence-corrected chi connectivity index (χ4v) is 6.45. The van der Waals surface area contributed by atoms with E-state index in [1.165, 1.54) is 22.9 Å². The number of cyclic esters (lactones) is 1. The van der Waals surface area contributed by atoms with Gasteiger partial charge in [0.2, 0.25) is 0 Å². The normalized spacial score (nSPS) is 22.9. The van der Waals surface area contributed by atoms with Crippen LogP contribution in [-0.4, -0.2) is 53.6 Å². The van der Waals surface area contributed by atoms with E-state index in [4.69, 9.17) is 4.74 Å². The molecule has 0 N–H and O–H groups in total. The fraction of sp³-hybridized carbons (Fsp3) is 0.600. The van der Waals surface area contributed by atoms with Crippen molar-refractivity contribution in [3.8, 4) is 0 Å². The second kappa shape index (κ2) is 11.9. The number of carbonyl (C=O) groups excluding carboxylic acids is 1. The van der Waals surface area contributed by atoms with Gasteiger partial charge < -0.3 is 14.5 Å². The van der Waals surface area contributed by atoms with Gasteiger partial charge in [-0.3, -0.25) is 4.90 Å². The molecule has 1 amide bonds. The molecule has 1 saturated carbocycles. The largest absolute Gasteiger partial charge is 0.439 e. The smallest absolute Gasteiger partial charge is 0.416 e. The Bertz CT molecular complexity index is 1330. The number of alkyl halides is 8. The molecule has 0 unspecified atom stereocenters. The SMILES string of the molecule is CCN(c1ncc(N2CCC(F)(F)C2)cc1CN1C(=O)O[C@H](c2cc(C(F)(F)F)cc(C(F)(F)F)c2)[C@@H]1C)C1CCCCC1. The molecule has 1 aromatic carbocycles. The Kier molecular flexibility index (Phi) is 8.67. The lowest BCUT2D eigenvalue weighted by Crippen LogP contribution is -2.39. The van der Waals surface area contributed by atoms with Gasteiger partial charge in [0.25, 0.3) is 5.92 Å². The van der Waals surface area contributed by atoms with Gasteiger partial charge in [-0.1, -0.05) is 19.3 Å². The summed E-state index contributed by atoms with van der Waals surface area (Å²) in [5, 5.41) is 0. The van der Waals surface area contributed by atoms with Crippen LogP contribution in [0.5, 0.6) is 0 Å². The summed E-state index contributed by atoms with van der Waals surface area (Å²) in [4.78, 5) is 22.7. The van der Waals surface area contributed by atoms with Crippen LogP contribution in [0.1, 0.15) is 80.7 Å². The van der Waals surface area contributed by atoms with Crippen molar-refractivity contribution in [1.29, 1.82) is 0 Å². The van der Waals surface area contributed by atoms with E-state index >= 15 is 0 Å². The Labute approximate surface area is 250 Å². The zero-order chi connectivity index (χ0) is 32.0. The van der Waals surface area contributed by atoms with Crippen LogP contribution < -0.4 is 9.80 Å². The lowest BCUT2D eigenvalue weighted by molar-refractivity contribution is -0.143. The molecule has 1 aliphatic carbocycles. The van der Waals surface area contributed by atoms with Gasteiger partial charge in [0.15, 0.2) is 0 Å². The summed E-state index contributed by atoms with van der Waals surface area (Å²) < 4.78 is 115. The number of halogens is 8. The van der Waals surface area contributed by atoms with E-state index in [0.29, 0.717) is 35.7 Å². The number of rotatable bonds is 7. The maximum atomic E-state index is 14.0. The van der Waals surface area contributed by atoms with Crippen LogP contribution in [0.3, 0.4) is 0 Å². The molecule has 242 valence electrons. The van der Waals surface area contributed by atoms with Crippen LogP contribution in [0.15, 0.2) is 30.5 Å². The van der Waals surface area contributed by atoms with E-state index in [0.717, 1.165) is 32.1 Å². The molecular formula is C30H34F8N4O2. The maximum Gasteiger partial charge on any atom is 0.416 e. The zero-order valence-electron chi connectivity index (χ0n) is 24.3. The van der Waals surface area contributed by atoms with Crippen molar-refractivity contribution in [3.05, 3.63) is 52.7 Å². The first-order valence-electron chi connectivity index (χ1n) is 14.7. The van der Waals surface area contributed by atoms with E-state index in [-0.39, 0.29) is 31.6 Å².